The van der Waals surface area contributed by atoms with Gasteiger partial charge in [-0.3, -0.25) is 4.18 Å². The van der Waals surface area contributed by atoms with E-state index < -0.39 is 10.1 Å². The molecule has 0 N–H and O–H groups in total. The average Bonchev–Trinajstić information content (AvgIpc) is 2.76. The van der Waals surface area contributed by atoms with Crippen LogP contribution >= 0.6 is 0 Å². The van der Waals surface area contributed by atoms with Crippen LogP contribution in [0.15, 0.2) is 35.2 Å². The van der Waals surface area contributed by atoms with E-state index >= 15 is 0 Å². The summed E-state index contributed by atoms with van der Waals surface area (Å²) in [7, 11) is -3.58. The molecule has 0 aliphatic rings. The van der Waals surface area contributed by atoms with Crippen LogP contribution in [0.1, 0.15) is 122 Å². The molecule has 0 heterocycles. The Morgan fingerprint density at radius 3 is 1.32 bits per heavy atom. The topological polar surface area (TPSA) is 43.4 Å². The number of benzene rings is 1. The van der Waals surface area contributed by atoms with Crippen LogP contribution in [0.4, 0.5) is 0 Å². The first kappa shape index (κ1) is 31.4. The van der Waals surface area contributed by atoms with E-state index in [1.807, 2.05) is 0 Å². The van der Waals surface area contributed by atoms with Gasteiger partial charge in [0.15, 0.2) is 0 Å². The van der Waals surface area contributed by atoms with Crippen molar-refractivity contribution in [1.29, 1.82) is 0 Å². The van der Waals surface area contributed by atoms with Crippen LogP contribution in [0.25, 0.3) is 0 Å². The Hall–Kier alpha value is 0.390. The Morgan fingerprint density at radius 2 is 0.935 bits per heavy atom. The molecule has 0 saturated carbocycles. The quantitative estimate of drug-likeness (QED) is 0.104. The normalized spacial score (nSPS) is 11.4. The zero-order chi connectivity index (χ0) is 21.8. The number of hydrogen-bond donors (Lipinski definition) is 0. The van der Waals surface area contributed by atoms with E-state index in [0.29, 0.717) is 0 Å². The first-order chi connectivity index (χ1) is 14.7. The fraction of sp³-hybridized carbons (Fsp3) is 0.769. The van der Waals surface area contributed by atoms with Gasteiger partial charge in [0.1, 0.15) is 0 Å². The molecule has 0 unspecified atom stereocenters. The monoisotopic (exact) mass is 480 g/mol. The van der Waals surface area contributed by atoms with Gasteiger partial charge in [-0.25, -0.2) is 0 Å². The Bertz CT molecular complexity index is 590. The third kappa shape index (κ3) is 18.5. The Morgan fingerprint density at radius 1 is 0.581 bits per heavy atom. The van der Waals surface area contributed by atoms with Crippen LogP contribution in [0.2, 0.25) is 0 Å². The van der Waals surface area contributed by atoms with E-state index in [2.05, 4.69) is 6.92 Å². The van der Waals surface area contributed by atoms with Crippen molar-refractivity contribution in [3.05, 3.63) is 30.3 Å². The standard InChI is InChI=1S/C26H46O3S.Ca.2H/c1-2-3-4-5-6-7-8-9-10-11-12-13-14-15-16-17-18-22-25-29-30(27,28)26-23-20-19-21-24-26;;;/h19-21,23-24H,2-18,22,25H2,1H3;;;. The third-order valence-electron chi connectivity index (χ3n) is 5.77. The van der Waals surface area contributed by atoms with Gasteiger partial charge >= 0.3 is 37.7 Å². The summed E-state index contributed by atoms with van der Waals surface area (Å²) in [6.07, 6.45) is 23.9. The number of unbranched alkanes of at least 4 members (excludes halogenated alkanes) is 17. The van der Waals surface area contributed by atoms with Crippen molar-refractivity contribution < 1.29 is 12.6 Å². The van der Waals surface area contributed by atoms with Crippen LogP contribution in [0.5, 0.6) is 0 Å². The van der Waals surface area contributed by atoms with Crippen molar-refractivity contribution in [3.63, 3.8) is 0 Å². The molecule has 1 aromatic carbocycles. The van der Waals surface area contributed by atoms with Crippen LogP contribution in [-0.4, -0.2) is 52.8 Å². The maximum absolute atomic E-state index is 12.0. The first-order valence-electron chi connectivity index (χ1n) is 12.6. The second-order valence-corrected chi connectivity index (χ2v) is 10.2. The molecule has 0 spiro atoms. The average molecular weight is 481 g/mol. The van der Waals surface area contributed by atoms with Crippen molar-refractivity contribution in [2.45, 2.75) is 127 Å². The summed E-state index contributed by atoms with van der Waals surface area (Å²) >= 11 is 0. The molecule has 0 fully saturated rings. The van der Waals surface area contributed by atoms with Crippen LogP contribution in [0, 0.1) is 0 Å². The predicted molar refractivity (Wildman–Crippen MR) is 137 cm³/mol. The molecule has 0 aliphatic carbocycles. The summed E-state index contributed by atoms with van der Waals surface area (Å²) < 4.78 is 29.1. The van der Waals surface area contributed by atoms with Crippen LogP contribution in [0.3, 0.4) is 0 Å². The van der Waals surface area contributed by atoms with Gasteiger partial charge < -0.3 is 0 Å². The minimum absolute atomic E-state index is 0. The summed E-state index contributed by atoms with van der Waals surface area (Å²) in [5.74, 6) is 0. The fourth-order valence-corrected chi connectivity index (χ4v) is 4.79. The van der Waals surface area contributed by atoms with Crippen LogP contribution in [-0.2, 0) is 14.3 Å². The molecule has 31 heavy (non-hydrogen) atoms. The van der Waals surface area contributed by atoms with Gasteiger partial charge in [0, 0.05) is 0 Å². The molecule has 0 atom stereocenters. The molecule has 0 aromatic heterocycles. The zero-order valence-corrected chi connectivity index (χ0v) is 20.3. The van der Waals surface area contributed by atoms with E-state index in [9.17, 15) is 8.42 Å². The molecular formula is C26H48CaO3S. The van der Waals surface area contributed by atoms with E-state index in [4.69, 9.17) is 4.18 Å². The SMILES string of the molecule is CCCCCCCCCCCCCCCCCCCCOS(=O)(=O)c1ccccc1.[CaH2]. The Balaban J connectivity index is 0.00000900. The minimum atomic E-state index is -3.58. The molecule has 0 aliphatic heterocycles. The maximum atomic E-state index is 12.0. The molecule has 5 heteroatoms. The van der Waals surface area contributed by atoms with Crippen LogP contribution < -0.4 is 0 Å². The Kier molecular flexibility index (Phi) is 22.5. The summed E-state index contributed by atoms with van der Waals surface area (Å²) in [6, 6.07) is 8.38. The number of rotatable bonds is 21. The summed E-state index contributed by atoms with van der Waals surface area (Å²) in [5.41, 5.74) is 0. The van der Waals surface area contributed by atoms with Crippen molar-refractivity contribution in [2.75, 3.05) is 6.61 Å². The molecule has 0 radical (unpaired) electrons. The molecule has 0 bridgehead atoms. The third-order valence-corrected chi connectivity index (χ3v) is 7.09. The van der Waals surface area contributed by atoms with Gasteiger partial charge in [0.25, 0.3) is 10.1 Å². The van der Waals surface area contributed by atoms with E-state index in [1.54, 1.807) is 30.3 Å². The summed E-state index contributed by atoms with van der Waals surface area (Å²) in [5, 5.41) is 0. The predicted octanol–water partition coefficient (Wildman–Crippen LogP) is 7.52. The van der Waals surface area contributed by atoms with Gasteiger partial charge in [-0.2, -0.15) is 8.42 Å². The van der Waals surface area contributed by atoms with Gasteiger partial charge in [-0.05, 0) is 18.6 Å². The summed E-state index contributed by atoms with van der Waals surface area (Å²) in [4.78, 5) is 0.243. The van der Waals surface area contributed by atoms with Crippen molar-refractivity contribution in [3.8, 4) is 0 Å². The van der Waals surface area contributed by atoms with Crippen molar-refractivity contribution in [2.24, 2.45) is 0 Å². The molecular weight excluding hydrogens is 432 g/mol. The van der Waals surface area contributed by atoms with E-state index in [0.717, 1.165) is 12.8 Å². The fourth-order valence-electron chi connectivity index (χ4n) is 3.83. The van der Waals surface area contributed by atoms with Gasteiger partial charge in [0.2, 0.25) is 0 Å². The van der Waals surface area contributed by atoms with E-state index in [-0.39, 0.29) is 49.2 Å². The second-order valence-electron chi connectivity index (χ2n) is 8.60. The van der Waals surface area contributed by atoms with E-state index in [1.165, 1.54) is 103 Å². The van der Waals surface area contributed by atoms with Gasteiger partial charge in [0.05, 0.1) is 11.5 Å². The zero-order valence-electron chi connectivity index (χ0n) is 19.5. The molecule has 1 aromatic rings. The second kappa shape index (κ2) is 22.2. The Labute approximate surface area is 223 Å². The van der Waals surface area contributed by atoms with Crippen molar-refractivity contribution >= 4 is 47.9 Å². The molecule has 178 valence electrons. The molecule has 0 amide bonds. The molecule has 1 rings (SSSR count). The molecule has 0 saturated heterocycles. The number of hydrogen-bond acceptors (Lipinski definition) is 3. The van der Waals surface area contributed by atoms with Crippen molar-refractivity contribution in [1.82, 2.24) is 0 Å². The summed E-state index contributed by atoms with van der Waals surface area (Å²) in [6.45, 7) is 2.57. The first-order valence-corrected chi connectivity index (χ1v) is 14.0. The van der Waals surface area contributed by atoms with Gasteiger partial charge in [-0.1, -0.05) is 134 Å². The van der Waals surface area contributed by atoms with Gasteiger partial charge in [-0.15, -0.1) is 0 Å². The molecule has 3 nitrogen and oxygen atoms in total.